The fourth-order valence-corrected chi connectivity index (χ4v) is 1.21. The lowest BCUT2D eigenvalue weighted by Crippen LogP contribution is -1.97. The summed E-state index contributed by atoms with van der Waals surface area (Å²) in [5.41, 5.74) is 0.552. The third kappa shape index (κ3) is 1.93. The van der Waals surface area contributed by atoms with Gasteiger partial charge in [0.05, 0.1) is 11.7 Å². The first-order chi connectivity index (χ1) is 6.29. The Morgan fingerprint density at radius 3 is 2.85 bits per heavy atom. The highest BCUT2D eigenvalue weighted by molar-refractivity contribution is 6.30. The van der Waals surface area contributed by atoms with Gasteiger partial charge >= 0.3 is 0 Å². The summed E-state index contributed by atoms with van der Waals surface area (Å²) in [5, 5.41) is 9.38. The van der Waals surface area contributed by atoms with Crippen LogP contribution in [0.25, 0.3) is 0 Å². The molecule has 3 heteroatoms. The monoisotopic (exact) mass is 193 g/mol. The molecule has 1 saturated carbocycles. The number of ether oxygens (including phenoxy) is 1. The van der Waals surface area contributed by atoms with Crippen molar-refractivity contribution in [2.75, 3.05) is 0 Å². The highest BCUT2D eigenvalue weighted by Crippen LogP contribution is 2.30. The smallest absolute Gasteiger partial charge is 0.138 e. The number of nitriles is 1. The molecule has 0 aliphatic heterocycles. The van der Waals surface area contributed by atoms with Crippen LogP contribution in [-0.2, 0) is 0 Å². The van der Waals surface area contributed by atoms with Crippen LogP contribution in [0, 0.1) is 11.3 Å². The minimum Gasteiger partial charge on any atom is -0.489 e. The van der Waals surface area contributed by atoms with Crippen LogP contribution in [0.5, 0.6) is 5.75 Å². The predicted octanol–water partition coefficient (Wildman–Crippen LogP) is 2.75. The highest BCUT2D eigenvalue weighted by Gasteiger charge is 2.24. The van der Waals surface area contributed by atoms with Gasteiger partial charge in [-0.05, 0) is 25.0 Å². The first-order valence-corrected chi connectivity index (χ1v) is 4.53. The normalized spacial score (nSPS) is 15.1. The van der Waals surface area contributed by atoms with E-state index < -0.39 is 0 Å². The van der Waals surface area contributed by atoms with Crippen molar-refractivity contribution in [3.05, 3.63) is 28.8 Å². The maximum Gasteiger partial charge on any atom is 0.138 e. The summed E-state index contributed by atoms with van der Waals surface area (Å²) >= 11 is 5.79. The third-order valence-corrected chi connectivity index (χ3v) is 2.12. The van der Waals surface area contributed by atoms with Gasteiger partial charge in [0.1, 0.15) is 11.8 Å². The largest absolute Gasteiger partial charge is 0.489 e. The number of hydrogen-bond acceptors (Lipinski definition) is 2. The lowest BCUT2D eigenvalue weighted by atomic mass is 10.2. The molecule has 2 nitrogen and oxygen atoms in total. The quantitative estimate of drug-likeness (QED) is 0.724. The van der Waals surface area contributed by atoms with Crippen molar-refractivity contribution in [1.29, 1.82) is 5.26 Å². The molecule has 0 N–H and O–H groups in total. The molecule has 0 unspecified atom stereocenters. The van der Waals surface area contributed by atoms with Crippen LogP contribution >= 0.6 is 11.6 Å². The Hall–Kier alpha value is -1.20. The Balaban J connectivity index is 2.29. The van der Waals surface area contributed by atoms with Crippen molar-refractivity contribution in [3.63, 3.8) is 0 Å². The van der Waals surface area contributed by atoms with Crippen molar-refractivity contribution in [3.8, 4) is 11.8 Å². The second kappa shape index (κ2) is 3.27. The average molecular weight is 194 g/mol. The van der Waals surface area contributed by atoms with Gasteiger partial charge in [-0.25, -0.2) is 0 Å². The van der Waals surface area contributed by atoms with Gasteiger partial charge in [0.25, 0.3) is 0 Å². The number of nitrogens with zero attached hydrogens (tertiary/aromatic N) is 1. The van der Waals surface area contributed by atoms with E-state index in [-0.39, 0.29) is 0 Å². The van der Waals surface area contributed by atoms with E-state index in [4.69, 9.17) is 21.6 Å². The fraction of sp³-hybridized carbons (Fsp3) is 0.300. The summed E-state index contributed by atoms with van der Waals surface area (Å²) in [5.74, 6) is 0.609. The molecule has 0 amide bonds. The molecular formula is C10H8ClNO. The zero-order valence-corrected chi connectivity index (χ0v) is 7.71. The Morgan fingerprint density at radius 2 is 2.23 bits per heavy atom. The molecule has 1 fully saturated rings. The van der Waals surface area contributed by atoms with Gasteiger partial charge in [-0.1, -0.05) is 11.6 Å². The van der Waals surface area contributed by atoms with Crippen LogP contribution in [0.15, 0.2) is 18.2 Å². The van der Waals surface area contributed by atoms with Gasteiger partial charge in [-0.3, -0.25) is 0 Å². The van der Waals surface area contributed by atoms with E-state index in [2.05, 4.69) is 6.07 Å². The average Bonchev–Trinajstić information content (AvgIpc) is 2.89. The Kier molecular flexibility index (Phi) is 2.12. The Bertz CT molecular complexity index is 366. The van der Waals surface area contributed by atoms with E-state index in [0.717, 1.165) is 12.8 Å². The summed E-state index contributed by atoms with van der Waals surface area (Å²) in [7, 11) is 0. The van der Waals surface area contributed by atoms with E-state index in [0.29, 0.717) is 22.4 Å². The first-order valence-electron chi connectivity index (χ1n) is 4.16. The molecule has 0 heterocycles. The number of hydrogen-bond donors (Lipinski definition) is 0. The van der Waals surface area contributed by atoms with Crippen LogP contribution in [0.4, 0.5) is 0 Å². The van der Waals surface area contributed by atoms with Crippen molar-refractivity contribution < 1.29 is 4.74 Å². The molecule has 0 atom stereocenters. The molecule has 1 aliphatic rings. The predicted molar refractivity (Wildman–Crippen MR) is 49.8 cm³/mol. The number of rotatable bonds is 2. The summed E-state index contributed by atoms with van der Waals surface area (Å²) < 4.78 is 5.52. The molecule has 66 valence electrons. The lowest BCUT2D eigenvalue weighted by molar-refractivity contribution is 0.302. The molecule has 0 aromatic heterocycles. The van der Waals surface area contributed by atoms with Gasteiger partial charge in [0.15, 0.2) is 0 Å². The van der Waals surface area contributed by atoms with Crippen LogP contribution in [0.1, 0.15) is 18.4 Å². The second-order valence-corrected chi connectivity index (χ2v) is 3.51. The molecule has 0 saturated heterocycles. The summed E-state index contributed by atoms with van der Waals surface area (Å²) in [6.45, 7) is 0. The molecule has 0 bridgehead atoms. The van der Waals surface area contributed by atoms with Gasteiger partial charge in [0.2, 0.25) is 0 Å². The van der Waals surface area contributed by atoms with Gasteiger partial charge in [0, 0.05) is 11.1 Å². The van der Waals surface area contributed by atoms with E-state index in [1.807, 2.05) is 0 Å². The molecule has 13 heavy (non-hydrogen) atoms. The Labute approximate surface area is 81.7 Å². The summed E-state index contributed by atoms with van der Waals surface area (Å²) in [6, 6.07) is 7.14. The molecule has 1 aromatic rings. The zero-order chi connectivity index (χ0) is 9.26. The summed E-state index contributed by atoms with van der Waals surface area (Å²) in [4.78, 5) is 0. The van der Waals surface area contributed by atoms with Crippen LogP contribution in [0.3, 0.4) is 0 Å². The van der Waals surface area contributed by atoms with Crippen LogP contribution < -0.4 is 4.74 Å². The highest BCUT2D eigenvalue weighted by atomic mass is 35.5. The standard InChI is InChI=1S/C10H8ClNO/c11-8-2-1-7(6-12)10(5-8)13-9-3-4-9/h1-2,5,9H,3-4H2. The van der Waals surface area contributed by atoms with Crippen LogP contribution in [-0.4, -0.2) is 6.10 Å². The Morgan fingerprint density at radius 1 is 1.46 bits per heavy atom. The minimum absolute atomic E-state index is 0.297. The maximum absolute atomic E-state index is 8.77. The van der Waals surface area contributed by atoms with Gasteiger partial charge in [-0.2, -0.15) is 5.26 Å². The molecule has 0 radical (unpaired) electrons. The van der Waals surface area contributed by atoms with Gasteiger partial charge < -0.3 is 4.74 Å². The van der Waals surface area contributed by atoms with Crippen molar-refractivity contribution in [2.45, 2.75) is 18.9 Å². The zero-order valence-electron chi connectivity index (χ0n) is 6.96. The topological polar surface area (TPSA) is 33.0 Å². The molecular weight excluding hydrogens is 186 g/mol. The van der Waals surface area contributed by atoms with Crippen molar-refractivity contribution in [2.24, 2.45) is 0 Å². The second-order valence-electron chi connectivity index (χ2n) is 3.07. The molecule has 1 aromatic carbocycles. The fourth-order valence-electron chi connectivity index (χ4n) is 1.05. The molecule has 2 rings (SSSR count). The lowest BCUT2D eigenvalue weighted by Gasteiger charge is -2.05. The van der Waals surface area contributed by atoms with Crippen molar-refractivity contribution in [1.82, 2.24) is 0 Å². The number of benzene rings is 1. The van der Waals surface area contributed by atoms with Crippen molar-refractivity contribution >= 4 is 11.6 Å². The van der Waals surface area contributed by atoms with Gasteiger partial charge in [-0.15, -0.1) is 0 Å². The summed E-state index contributed by atoms with van der Waals surface area (Å²) in [6.07, 6.45) is 2.46. The maximum atomic E-state index is 8.77. The van der Waals surface area contributed by atoms with E-state index in [1.54, 1.807) is 18.2 Å². The molecule has 1 aliphatic carbocycles. The van der Waals surface area contributed by atoms with E-state index in [9.17, 15) is 0 Å². The SMILES string of the molecule is N#Cc1ccc(Cl)cc1OC1CC1. The van der Waals surface area contributed by atoms with E-state index >= 15 is 0 Å². The number of halogens is 1. The molecule has 0 spiro atoms. The minimum atomic E-state index is 0.297. The van der Waals surface area contributed by atoms with E-state index in [1.165, 1.54) is 0 Å². The third-order valence-electron chi connectivity index (χ3n) is 1.88. The first kappa shape index (κ1) is 8.40. The van der Waals surface area contributed by atoms with Crippen LogP contribution in [0.2, 0.25) is 5.02 Å².